The van der Waals surface area contributed by atoms with E-state index in [4.69, 9.17) is 4.74 Å². The summed E-state index contributed by atoms with van der Waals surface area (Å²) >= 11 is 0. The molecule has 1 aliphatic rings. The Morgan fingerprint density at radius 1 is 1.29 bits per heavy atom. The van der Waals surface area contributed by atoms with Gasteiger partial charge in [-0.3, -0.25) is 14.9 Å². The summed E-state index contributed by atoms with van der Waals surface area (Å²) in [4.78, 5) is 35.6. The summed E-state index contributed by atoms with van der Waals surface area (Å²) in [5, 5.41) is 13.8. The average molecular weight is 334 g/mol. The Morgan fingerprint density at radius 2 is 1.96 bits per heavy atom. The molecule has 1 amide bonds. The number of nitrogens with one attached hydrogen (secondary N) is 1. The van der Waals surface area contributed by atoms with Crippen LogP contribution in [0.5, 0.6) is 0 Å². The highest BCUT2D eigenvalue weighted by Gasteiger charge is 2.42. The van der Waals surface area contributed by atoms with Crippen molar-refractivity contribution in [3.05, 3.63) is 39.4 Å². The van der Waals surface area contributed by atoms with Crippen molar-refractivity contribution in [1.29, 1.82) is 0 Å². The largest absolute Gasteiger partial charge is 0.464 e. The number of amides is 1. The number of carbonyl (C=O) groups excluding carboxylic acids is 2. The number of nitro benzene ring substituents is 1. The molecule has 130 valence electrons. The van der Waals surface area contributed by atoms with Crippen molar-refractivity contribution >= 4 is 17.6 Å². The normalized spacial score (nSPS) is 16.2. The molecule has 1 aliphatic carbocycles. The van der Waals surface area contributed by atoms with Crippen molar-refractivity contribution in [3.8, 4) is 0 Å². The maximum atomic E-state index is 12.7. The van der Waals surface area contributed by atoms with E-state index in [1.807, 2.05) is 0 Å². The first-order valence-corrected chi connectivity index (χ1v) is 8.15. The van der Waals surface area contributed by atoms with E-state index in [-0.39, 0.29) is 23.4 Å². The first kappa shape index (κ1) is 17.9. The minimum absolute atomic E-state index is 0.114. The van der Waals surface area contributed by atoms with Gasteiger partial charge in [0.25, 0.3) is 11.6 Å². The van der Waals surface area contributed by atoms with Crippen molar-refractivity contribution in [2.45, 2.75) is 51.5 Å². The zero-order valence-electron chi connectivity index (χ0n) is 14.0. The number of nitro groups is 1. The number of ether oxygens (including phenoxy) is 1. The lowest BCUT2D eigenvalue weighted by Gasteiger charge is -2.35. The summed E-state index contributed by atoms with van der Waals surface area (Å²) in [7, 11) is 0. The summed E-state index contributed by atoms with van der Waals surface area (Å²) in [6.07, 6.45) is 3.70. The van der Waals surface area contributed by atoms with Crippen LogP contribution in [-0.4, -0.2) is 28.9 Å². The van der Waals surface area contributed by atoms with Gasteiger partial charge in [0.05, 0.1) is 11.5 Å². The van der Waals surface area contributed by atoms with Crippen LogP contribution in [-0.2, 0) is 9.53 Å². The van der Waals surface area contributed by atoms with Crippen molar-refractivity contribution in [2.75, 3.05) is 6.61 Å². The Bertz CT molecular complexity index is 650. The van der Waals surface area contributed by atoms with Crippen LogP contribution in [0.2, 0.25) is 0 Å². The van der Waals surface area contributed by atoms with E-state index in [1.54, 1.807) is 6.92 Å². The molecule has 1 N–H and O–H groups in total. The average Bonchev–Trinajstić information content (AvgIpc) is 2.55. The molecule has 0 bridgehead atoms. The van der Waals surface area contributed by atoms with Gasteiger partial charge in [-0.2, -0.15) is 0 Å². The van der Waals surface area contributed by atoms with Crippen molar-refractivity contribution in [1.82, 2.24) is 5.32 Å². The second-order valence-electron chi connectivity index (χ2n) is 6.02. The molecule has 0 aromatic heterocycles. The van der Waals surface area contributed by atoms with Crippen LogP contribution in [0.25, 0.3) is 0 Å². The van der Waals surface area contributed by atoms with Crippen LogP contribution >= 0.6 is 0 Å². The molecule has 0 saturated heterocycles. The molecule has 1 aromatic rings. The molecule has 0 radical (unpaired) electrons. The lowest BCUT2D eigenvalue weighted by atomic mass is 9.81. The zero-order valence-corrected chi connectivity index (χ0v) is 14.0. The van der Waals surface area contributed by atoms with E-state index in [2.05, 4.69) is 5.32 Å². The standard InChI is InChI=1S/C17H22N2O5/c1-3-24-16(21)17(10-5-4-6-11-17)18-15(20)13-8-7-9-14(12(13)2)19(22)23/h7-9H,3-6,10-11H2,1-2H3,(H,18,20). The topological polar surface area (TPSA) is 98.5 Å². The second kappa shape index (κ2) is 7.42. The molecule has 0 aliphatic heterocycles. The van der Waals surface area contributed by atoms with Gasteiger partial charge in [0.15, 0.2) is 0 Å². The van der Waals surface area contributed by atoms with Gasteiger partial charge in [-0.05, 0) is 32.8 Å². The van der Waals surface area contributed by atoms with Gasteiger partial charge in [0.2, 0.25) is 0 Å². The van der Waals surface area contributed by atoms with E-state index in [0.717, 1.165) is 19.3 Å². The molecule has 7 nitrogen and oxygen atoms in total. The SMILES string of the molecule is CCOC(=O)C1(NC(=O)c2cccc([N+](=O)[O-])c2C)CCCCC1. The van der Waals surface area contributed by atoms with Crippen molar-refractivity contribution < 1.29 is 19.2 Å². The molecule has 7 heteroatoms. The second-order valence-corrected chi connectivity index (χ2v) is 6.02. The van der Waals surface area contributed by atoms with Crippen LogP contribution in [0, 0.1) is 17.0 Å². The Labute approximate surface area is 140 Å². The summed E-state index contributed by atoms with van der Waals surface area (Å²) in [6.45, 7) is 3.50. The molecular weight excluding hydrogens is 312 g/mol. The van der Waals surface area contributed by atoms with Gasteiger partial charge in [-0.15, -0.1) is 0 Å². The smallest absolute Gasteiger partial charge is 0.331 e. The first-order chi connectivity index (χ1) is 11.4. The zero-order chi connectivity index (χ0) is 17.7. The Balaban J connectivity index is 2.30. The van der Waals surface area contributed by atoms with Gasteiger partial charge in [-0.1, -0.05) is 25.3 Å². The predicted octanol–water partition coefficient (Wildman–Crippen LogP) is 2.90. The fourth-order valence-electron chi connectivity index (χ4n) is 3.16. The Hall–Kier alpha value is -2.44. The number of esters is 1. The maximum absolute atomic E-state index is 12.7. The number of hydrogen-bond acceptors (Lipinski definition) is 5. The third-order valence-electron chi connectivity index (χ3n) is 4.47. The summed E-state index contributed by atoms with van der Waals surface area (Å²) in [5.74, 6) is -0.910. The van der Waals surface area contributed by atoms with Crippen LogP contribution in [0.3, 0.4) is 0 Å². The predicted molar refractivity (Wildman–Crippen MR) is 87.7 cm³/mol. The lowest BCUT2D eigenvalue weighted by molar-refractivity contribution is -0.385. The van der Waals surface area contributed by atoms with Gasteiger partial charge in [-0.25, -0.2) is 4.79 Å². The molecule has 2 rings (SSSR count). The van der Waals surface area contributed by atoms with E-state index < -0.39 is 22.3 Å². The quantitative estimate of drug-likeness (QED) is 0.507. The van der Waals surface area contributed by atoms with Crippen molar-refractivity contribution in [3.63, 3.8) is 0 Å². The molecule has 1 saturated carbocycles. The first-order valence-electron chi connectivity index (χ1n) is 8.15. The fraction of sp³-hybridized carbons (Fsp3) is 0.529. The Morgan fingerprint density at radius 3 is 2.54 bits per heavy atom. The molecule has 1 aromatic carbocycles. The molecule has 0 unspecified atom stereocenters. The van der Waals surface area contributed by atoms with Gasteiger partial charge in [0, 0.05) is 17.2 Å². The number of hydrogen-bond donors (Lipinski definition) is 1. The molecule has 0 spiro atoms. The highest BCUT2D eigenvalue weighted by Crippen LogP contribution is 2.30. The molecule has 24 heavy (non-hydrogen) atoms. The van der Waals surface area contributed by atoms with Crippen LogP contribution in [0.1, 0.15) is 54.9 Å². The molecule has 1 fully saturated rings. The molecule has 0 heterocycles. The highest BCUT2D eigenvalue weighted by atomic mass is 16.6. The van der Waals surface area contributed by atoms with E-state index in [1.165, 1.54) is 25.1 Å². The van der Waals surface area contributed by atoms with E-state index in [0.29, 0.717) is 12.8 Å². The number of nitrogens with zero attached hydrogens (tertiary/aromatic N) is 1. The van der Waals surface area contributed by atoms with E-state index >= 15 is 0 Å². The summed E-state index contributed by atoms with van der Waals surface area (Å²) < 4.78 is 5.15. The minimum atomic E-state index is -1.04. The fourth-order valence-corrected chi connectivity index (χ4v) is 3.16. The minimum Gasteiger partial charge on any atom is -0.464 e. The van der Waals surface area contributed by atoms with Crippen LogP contribution in [0.15, 0.2) is 18.2 Å². The van der Waals surface area contributed by atoms with Crippen molar-refractivity contribution in [2.24, 2.45) is 0 Å². The number of rotatable bonds is 5. The molecule has 0 atom stereocenters. The van der Waals surface area contributed by atoms with Crippen LogP contribution < -0.4 is 5.32 Å². The summed E-state index contributed by atoms with van der Waals surface area (Å²) in [5.41, 5.74) is -0.660. The summed E-state index contributed by atoms with van der Waals surface area (Å²) in [6, 6.07) is 4.35. The van der Waals surface area contributed by atoms with Gasteiger partial charge >= 0.3 is 5.97 Å². The van der Waals surface area contributed by atoms with Crippen LogP contribution in [0.4, 0.5) is 5.69 Å². The highest BCUT2D eigenvalue weighted by molar-refractivity contribution is 6.00. The third kappa shape index (κ3) is 3.55. The Kier molecular flexibility index (Phi) is 5.54. The third-order valence-corrected chi connectivity index (χ3v) is 4.47. The monoisotopic (exact) mass is 334 g/mol. The maximum Gasteiger partial charge on any atom is 0.331 e. The lowest BCUT2D eigenvalue weighted by Crippen LogP contribution is -2.56. The molecular formula is C17H22N2O5. The van der Waals surface area contributed by atoms with E-state index in [9.17, 15) is 19.7 Å². The number of carbonyl (C=O) groups is 2. The van der Waals surface area contributed by atoms with Gasteiger partial charge < -0.3 is 10.1 Å². The number of benzene rings is 1. The van der Waals surface area contributed by atoms with Gasteiger partial charge in [0.1, 0.15) is 5.54 Å².